The highest BCUT2D eigenvalue weighted by molar-refractivity contribution is 5.25. The zero-order valence-electron chi connectivity index (χ0n) is 12.0. The largest absolute Gasteiger partial charge is 0.388 e. The van der Waals surface area contributed by atoms with E-state index < -0.39 is 6.10 Å². The quantitative estimate of drug-likeness (QED) is 0.866. The minimum Gasteiger partial charge on any atom is -0.388 e. The van der Waals surface area contributed by atoms with Crippen molar-refractivity contribution in [3.05, 3.63) is 35.4 Å². The smallest absolute Gasteiger partial charge is 0.0846 e. The Kier molecular flexibility index (Phi) is 3.28. The standard InChI is InChI=1S/C16H24O2/c1-11-7-6-8-12(9-11)14(17)13-10-15(2,3)18-16(13,4)5/h6-9,13-14,17H,10H2,1-5H3. The maximum Gasteiger partial charge on any atom is 0.0846 e. The average Bonchev–Trinajstić information content (AvgIpc) is 2.45. The van der Waals surface area contributed by atoms with Crippen LogP contribution in [-0.2, 0) is 4.74 Å². The zero-order valence-corrected chi connectivity index (χ0v) is 12.0. The van der Waals surface area contributed by atoms with Gasteiger partial charge in [0.25, 0.3) is 0 Å². The van der Waals surface area contributed by atoms with Crippen molar-refractivity contribution in [2.75, 3.05) is 0 Å². The lowest BCUT2D eigenvalue weighted by Crippen LogP contribution is -2.32. The van der Waals surface area contributed by atoms with Gasteiger partial charge in [0.1, 0.15) is 0 Å². The Bertz CT molecular complexity index is 434. The van der Waals surface area contributed by atoms with Crippen LogP contribution in [0, 0.1) is 12.8 Å². The Balaban J connectivity index is 2.26. The molecule has 0 spiro atoms. The van der Waals surface area contributed by atoms with Gasteiger partial charge in [-0.1, -0.05) is 29.8 Å². The number of ether oxygens (including phenoxy) is 1. The molecule has 1 aromatic carbocycles. The molecule has 1 fully saturated rings. The third-order valence-corrected chi connectivity index (χ3v) is 3.91. The molecule has 2 rings (SSSR count). The Morgan fingerprint density at radius 3 is 2.44 bits per heavy atom. The van der Waals surface area contributed by atoms with Gasteiger partial charge in [0.15, 0.2) is 0 Å². The topological polar surface area (TPSA) is 29.5 Å². The molecule has 0 bridgehead atoms. The summed E-state index contributed by atoms with van der Waals surface area (Å²) in [5.41, 5.74) is 1.74. The minimum atomic E-state index is -0.457. The fourth-order valence-electron chi connectivity index (χ4n) is 3.18. The molecule has 1 aliphatic rings. The lowest BCUT2D eigenvalue weighted by atomic mass is 9.80. The summed E-state index contributed by atoms with van der Waals surface area (Å²) in [4.78, 5) is 0. The summed E-state index contributed by atoms with van der Waals surface area (Å²) in [6.07, 6.45) is 0.427. The molecular formula is C16H24O2. The van der Waals surface area contributed by atoms with Gasteiger partial charge in [-0.2, -0.15) is 0 Å². The van der Waals surface area contributed by atoms with Crippen LogP contribution in [-0.4, -0.2) is 16.3 Å². The maximum atomic E-state index is 10.6. The number of aliphatic hydroxyl groups excluding tert-OH is 1. The first-order valence-corrected chi connectivity index (χ1v) is 6.66. The van der Waals surface area contributed by atoms with E-state index in [0.29, 0.717) is 0 Å². The van der Waals surface area contributed by atoms with E-state index in [0.717, 1.165) is 12.0 Å². The average molecular weight is 248 g/mol. The van der Waals surface area contributed by atoms with Crippen LogP contribution >= 0.6 is 0 Å². The molecule has 0 radical (unpaired) electrons. The van der Waals surface area contributed by atoms with E-state index in [1.54, 1.807) is 0 Å². The predicted octanol–water partition coefficient (Wildman–Crippen LogP) is 3.62. The van der Waals surface area contributed by atoms with E-state index >= 15 is 0 Å². The van der Waals surface area contributed by atoms with Gasteiger partial charge < -0.3 is 9.84 Å². The van der Waals surface area contributed by atoms with Gasteiger partial charge >= 0.3 is 0 Å². The molecular weight excluding hydrogens is 224 g/mol. The Hall–Kier alpha value is -0.860. The van der Waals surface area contributed by atoms with E-state index in [-0.39, 0.29) is 17.1 Å². The summed E-state index contributed by atoms with van der Waals surface area (Å²) < 4.78 is 6.06. The second-order valence-electron chi connectivity index (χ2n) is 6.63. The van der Waals surface area contributed by atoms with Crippen LogP contribution < -0.4 is 0 Å². The van der Waals surface area contributed by atoms with Gasteiger partial charge in [-0.05, 0) is 46.6 Å². The molecule has 100 valence electrons. The molecule has 0 amide bonds. The van der Waals surface area contributed by atoms with E-state index in [1.165, 1.54) is 5.56 Å². The molecule has 1 heterocycles. The maximum absolute atomic E-state index is 10.6. The van der Waals surface area contributed by atoms with Gasteiger partial charge in [0.05, 0.1) is 17.3 Å². The number of aliphatic hydroxyl groups is 1. The van der Waals surface area contributed by atoms with Crippen LogP contribution in [0.3, 0.4) is 0 Å². The Morgan fingerprint density at radius 1 is 1.28 bits per heavy atom. The van der Waals surface area contributed by atoms with Crippen molar-refractivity contribution in [1.29, 1.82) is 0 Å². The van der Waals surface area contributed by atoms with Crippen LogP contribution in [0.1, 0.15) is 51.3 Å². The van der Waals surface area contributed by atoms with Crippen LogP contribution in [0.15, 0.2) is 24.3 Å². The highest BCUT2D eigenvalue weighted by atomic mass is 16.5. The van der Waals surface area contributed by atoms with Crippen molar-refractivity contribution in [3.63, 3.8) is 0 Å². The summed E-state index contributed by atoms with van der Waals surface area (Å²) in [7, 11) is 0. The summed E-state index contributed by atoms with van der Waals surface area (Å²) in [5.74, 6) is 0.134. The molecule has 2 nitrogen and oxygen atoms in total. The summed E-state index contributed by atoms with van der Waals surface area (Å²) >= 11 is 0. The first-order chi connectivity index (χ1) is 8.21. The molecule has 2 unspecified atom stereocenters. The van der Waals surface area contributed by atoms with Crippen LogP contribution in [0.2, 0.25) is 0 Å². The van der Waals surface area contributed by atoms with Crippen molar-refractivity contribution in [3.8, 4) is 0 Å². The number of rotatable bonds is 2. The predicted molar refractivity (Wildman–Crippen MR) is 73.5 cm³/mol. The molecule has 1 N–H and O–H groups in total. The summed E-state index contributed by atoms with van der Waals surface area (Å²) in [5, 5.41) is 10.6. The normalized spacial score (nSPS) is 27.1. The second-order valence-corrected chi connectivity index (χ2v) is 6.63. The van der Waals surface area contributed by atoms with Gasteiger partial charge in [-0.25, -0.2) is 0 Å². The fourth-order valence-corrected chi connectivity index (χ4v) is 3.18. The van der Waals surface area contributed by atoms with Crippen LogP contribution in [0.4, 0.5) is 0 Å². The fraction of sp³-hybridized carbons (Fsp3) is 0.625. The molecule has 1 aromatic rings. The zero-order chi connectivity index (χ0) is 13.6. The van der Waals surface area contributed by atoms with Crippen molar-refractivity contribution < 1.29 is 9.84 Å². The van der Waals surface area contributed by atoms with Crippen LogP contribution in [0.25, 0.3) is 0 Å². The molecule has 18 heavy (non-hydrogen) atoms. The lowest BCUT2D eigenvalue weighted by Gasteiger charge is -2.30. The number of benzene rings is 1. The van der Waals surface area contributed by atoms with E-state index in [1.807, 2.05) is 12.1 Å². The van der Waals surface area contributed by atoms with Gasteiger partial charge in [-0.15, -0.1) is 0 Å². The van der Waals surface area contributed by atoms with E-state index in [2.05, 4.69) is 46.8 Å². The van der Waals surface area contributed by atoms with Crippen molar-refractivity contribution in [2.45, 2.75) is 58.3 Å². The molecule has 2 heteroatoms. The molecule has 0 aliphatic carbocycles. The lowest BCUT2D eigenvalue weighted by molar-refractivity contribution is -0.0880. The number of hydrogen-bond acceptors (Lipinski definition) is 2. The molecule has 1 aliphatic heterocycles. The minimum absolute atomic E-state index is 0.134. The highest BCUT2D eigenvalue weighted by Crippen LogP contribution is 2.47. The van der Waals surface area contributed by atoms with E-state index in [4.69, 9.17) is 4.74 Å². The van der Waals surface area contributed by atoms with Crippen molar-refractivity contribution in [1.82, 2.24) is 0 Å². The Labute approximate surface area is 110 Å². The van der Waals surface area contributed by atoms with Gasteiger partial charge in [-0.3, -0.25) is 0 Å². The molecule has 1 saturated heterocycles. The summed E-state index contributed by atoms with van der Waals surface area (Å²) in [6.45, 7) is 10.4. The van der Waals surface area contributed by atoms with Gasteiger partial charge in [0.2, 0.25) is 0 Å². The first-order valence-electron chi connectivity index (χ1n) is 6.66. The monoisotopic (exact) mass is 248 g/mol. The number of hydrogen-bond donors (Lipinski definition) is 1. The Morgan fingerprint density at radius 2 is 1.94 bits per heavy atom. The number of aryl methyl sites for hydroxylation is 1. The van der Waals surface area contributed by atoms with Crippen molar-refractivity contribution >= 4 is 0 Å². The SMILES string of the molecule is Cc1cccc(C(O)C2CC(C)(C)OC2(C)C)c1. The molecule has 2 atom stereocenters. The summed E-state index contributed by atoms with van der Waals surface area (Å²) in [6, 6.07) is 8.11. The van der Waals surface area contributed by atoms with Gasteiger partial charge in [0, 0.05) is 5.92 Å². The third-order valence-electron chi connectivity index (χ3n) is 3.91. The van der Waals surface area contributed by atoms with E-state index in [9.17, 15) is 5.11 Å². The highest BCUT2D eigenvalue weighted by Gasteiger charge is 2.49. The van der Waals surface area contributed by atoms with Crippen LogP contribution in [0.5, 0.6) is 0 Å². The first kappa shape index (κ1) is 13.6. The molecule has 0 saturated carbocycles. The van der Waals surface area contributed by atoms with Crippen molar-refractivity contribution in [2.24, 2.45) is 5.92 Å². The third kappa shape index (κ3) is 2.60. The molecule has 0 aromatic heterocycles. The second kappa shape index (κ2) is 4.36.